The maximum absolute atomic E-state index is 13.5. The molecule has 1 atom stereocenters. The second kappa shape index (κ2) is 6.45. The van der Waals surface area contributed by atoms with Gasteiger partial charge in [0.1, 0.15) is 5.82 Å². The number of rotatable bonds is 3. The Balaban J connectivity index is 2.14. The SMILES string of the molecule is CC(C)NC(=O)c1csc2c(C(F)(F)F)cc(N3CCC(N)C3)nc12. The zero-order valence-corrected chi connectivity index (χ0v) is 14.7. The average Bonchev–Trinajstić information content (AvgIpc) is 3.10. The second-order valence-electron chi connectivity index (χ2n) is 6.48. The zero-order valence-electron chi connectivity index (χ0n) is 13.9. The van der Waals surface area contributed by atoms with Gasteiger partial charge < -0.3 is 16.0 Å². The first-order valence-electron chi connectivity index (χ1n) is 7.97. The van der Waals surface area contributed by atoms with Crippen LogP contribution in [0.25, 0.3) is 10.2 Å². The standard InChI is InChI=1S/C16H19F3N4OS/c1-8(2)21-15(24)10-7-25-14-11(16(17,18)19)5-12(22-13(10)14)23-4-3-9(20)6-23/h5,7-9H,3-4,6,20H2,1-2H3,(H,21,24). The van der Waals surface area contributed by atoms with Crippen LogP contribution in [0.1, 0.15) is 36.2 Å². The topological polar surface area (TPSA) is 71.2 Å². The number of halogens is 3. The maximum atomic E-state index is 13.5. The van der Waals surface area contributed by atoms with E-state index in [1.807, 2.05) is 0 Å². The average molecular weight is 372 g/mol. The first-order valence-corrected chi connectivity index (χ1v) is 8.85. The number of alkyl halides is 3. The zero-order chi connectivity index (χ0) is 18.4. The van der Waals surface area contributed by atoms with Gasteiger partial charge >= 0.3 is 6.18 Å². The van der Waals surface area contributed by atoms with Gasteiger partial charge in [-0.05, 0) is 26.3 Å². The van der Waals surface area contributed by atoms with Crippen LogP contribution in [0.15, 0.2) is 11.4 Å². The molecule has 1 unspecified atom stereocenters. The van der Waals surface area contributed by atoms with Gasteiger partial charge in [-0.1, -0.05) is 0 Å². The van der Waals surface area contributed by atoms with Gasteiger partial charge in [0.15, 0.2) is 0 Å². The van der Waals surface area contributed by atoms with Gasteiger partial charge in [-0.15, -0.1) is 11.3 Å². The molecule has 2 aromatic heterocycles. The number of hydrogen-bond acceptors (Lipinski definition) is 5. The molecule has 9 heteroatoms. The fourth-order valence-corrected chi connectivity index (χ4v) is 3.89. The highest BCUT2D eigenvalue weighted by Gasteiger charge is 2.36. The molecule has 136 valence electrons. The molecule has 25 heavy (non-hydrogen) atoms. The molecule has 2 aromatic rings. The van der Waals surface area contributed by atoms with Crippen LogP contribution in [0.2, 0.25) is 0 Å². The van der Waals surface area contributed by atoms with E-state index in [1.165, 1.54) is 5.38 Å². The second-order valence-corrected chi connectivity index (χ2v) is 7.36. The molecule has 1 aliphatic rings. The molecule has 1 fully saturated rings. The number of nitrogens with one attached hydrogen (secondary N) is 1. The van der Waals surface area contributed by atoms with Crippen molar-refractivity contribution in [3.8, 4) is 0 Å². The lowest BCUT2D eigenvalue weighted by Gasteiger charge is -2.19. The number of anilines is 1. The molecule has 3 heterocycles. The summed E-state index contributed by atoms with van der Waals surface area (Å²) < 4.78 is 40.5. The Morgan fingerprint density at radius 1 is 1.48 bits per heavy atom. The number of carbonyl (C=O) groups excluding carboxylic acids is 1. The molecule has 0 saturated carbocycles. The number of carbonyl (C=O) groups is 1. The molecule has 0 aliphatic carbocycles. The Labute approximate surface area is 147 Å². The van der Waals surface area contributed by atoms with Gasteiger partial charge in [-0.3, -0.25) is 4.79 Å². The van der Waals surface area contributed by atoms with Gasteiger partial charge in [0.2, 0.25) is 0 Å². The Morgan fingerprint density at radius 3 is 2.76 bits per heavy atom. The number of thiophene rings is 1. The summed E-state index contributed by atoms with van der Waals surface area (Å²) in [7, 11) is 0. The van der Waals surface area contributed by atoms with E-state index in [0.717, 1.165) is 17.4 Å². The Hall–Kier alpha value is -1.87. The summed E-state index contributed by atoms with van der Waals surface area (Å²) in [5.74, 6) is -0.207. The van der Waals surface area contributed by atoms with Crippen molar-refractivity contribution in [1.29, 1.82) is 0 Å². The van der Waals surface area contributed by atoms with Crippen LogP contribution < -0.4 is 16.0 Å². The van der Waals surface area contributed by atoms with Crippen LogP contribution in [-0.2, 0) is 6.18 Å². The summed E-state index contributed by atoms with van der Waals surface area (Å²) >= 11 is 0.888. The fraction of sp³-hybridized carbons (Fsp3) is 0.500. The highest BCUT2D eigenvalue weighted by Crippen LogP contribution is 2.40. The number of hydrogen-bond donors (Lipinski definition) is 2. The number of aromatic nitrogens is 1. The van der Waals surface area contributed by atoms with Crippen LogP contribution >= 0.6 is 11.3 Å². The summed E-state index contributed by atoms with van der Waals surface area (Å²) in [6, 6.07) is 0.850. The third kappa shape index (κ3) is 3.57. The summed E-state index contributed by atoms with van der Waals surface area (Å²) in [5.41, 5.74) is 5.36. The van der Waals surface area contributed by atoms with Gasteiger partial charge in [0, 0.05) is 30.6 Å². The minimum atomic E-state index is -4.52. The third-order valence-electron chi connectivity index (χ3n) is 4.03. The Kier molecular flexibility index (Phi) is 4.63. The quantitative estimate of drug-likeness (QED) is 0.869. The number of nitrogens with two attached hydrogens (primary N) is 1. The van der Waals surface area contributed by atoms with Crippen molar-refractivity contribution in [3.63, 3.8) is 0 Å². The van der Waals surface area contributed by atoms with Crippen molar-refractivity contribution in [2.24, 2.45) is 5.73 Å². The maximum Gasteiger partial charge on any atom is 0.417 e. The molecule has 1 amide bonds. The van der Waals surface area contributed by atoms with Crippen molar-refractivity contribution in [1.82, 2.24) is 10.3 Å². The summed E-state index contributed by atoms with van der Waals surface area (Å²) in [6.07, 6.45) is -3.82. The monoisotopic (exact) mass is 372 g/mol. The van der Waals surface area contributed by atoms with E-state index < -0.39 is 17.6 Å². The highest BCUT2D eigenvalue weighted by molar-refractivity contribution is 7.17. The van der Waals surface area contributed by atoms with Crippen LogP contribution in [-0.4, -0.2) is 36.1 Å². The molecule has 0 aromatic carbocycles. The van der Waals surface area contributed by atoms with E-state index in [2.05, 4.69) is 10.3 Å². The molecule has 0 spiro atoms. The largest absolute Gasteiger partial charge is 0.417 e. The van der Waals surface area contributed by atoms with Crippen LogP contribution in [0.4, 0.5) is 19.0 Å². The third-order valence-corrected chi connectivity index (χ3v) is 5.03. The normalized spacial score (nSPS) is 18.4. The molecule has 3 rings (SSSR count). The van der Waals surface area contributed by atoms with Crippen LogP contribution in [0.5, 0.6) is 0 Å². The number of amides is 1. The van der Waals surface area contributed by atoms with Gasteiger partial charge in [-0.2, -0.15) is 13.2 Å². The van der Waals surface area contributed by atoms with Gasteiger partial charge in [0.25, 0.3) is 5.91 Å². The lowest BCUT2D eigenvalue weighted by atomic mass is 10.1. The first kappa shape index (κ1) is 17.9. The van der Waals surface area contributed by atoms with E-state index in [9.17, 15) is 18.0 Å². The number of nitrogens with zero attached hydrogens (tertiary/aromatic N) is 2. The van der Waals surface area contributed by atoms with Gasteiger partial charge in [-0.25, -0.2) is 4.98 Å². The van der Waals surface area contributed by atoms with Crippen molar-refractivity contribution < 1.29 is 18.0 Å². The predicted octanol–water partition coefficient (Wildman–Crippen LogP) is 2.99. The van der Waals surface area contributed by atoms with E-state index >= 15 is 0 Å². The van der Waals surface area contributed by atoms with Crippen molar-refractivity contribution >= 4 is 33.3 Å². The van der Waals surface area contributed by atoms with Crippen molar-refractivity contribution in [3.05, 3.63) is 22.6 Å². The van der Waals surface area contributed by atoms with E-state index in [0.29, 0.717) is 19.5 Å². The number of pyridine rings is 1. The highest BCUT2D eigenvalue weighted by atomic mass is 32.1. The van der Waals surface area contributed by atoms with Crippen LogP contribution in [0, 0.1) is 0 Å². The molecule has 0 radical (unpaired) electrons. The molecule has 3 N–H and O–H groups in total. The molecular weight excluding hydrogens is 353 g/mol. The number of fused-ring (bicyclic) bond motifs is 1. The molecule has 5 nitrogen and oxygen atoms in total. The van der Waals surface area contributed by atoms with Crippen molar-refractivity contribution in [2.45, 2.75) is 38.5 Å². The molecular formula is C16H19F3N4OS. The molecule has 1 saturated heterocycles. The lowest BCUT2D eigenvalue weighted by molar-refractivity contribution is -0.136. The summed E-state index contributed by atoms with van der Waals surface area (Å²) in [6.45, 7) is 4.58. The van der Waals surface area contributed by atoms with E-state index in [-0.39, 0.29) is 33.7 Å². The smallest absolute Gasteiger partial charge is 0.355 e. The Morgan fingerprint density at radius 2 is 2.20 bits per heavy atom. The minimum absolute atomic E-state index is 0.0198. The fourth-order valence-electron chi connectivity index (χ4n) is 2.86. The first-order chi connectivity index (χ1) is 11.7. The van der Waals surface area contributed by atoms with E-state index in [1.54, 1.807) is 18.7 Å². The van der Waals surface area contributed by atoms with Crippen molar-refractivity contribution in [2.75, 3.05) is 18.0 Å². The van der Waals surface area contributed by atoms with E-state index in [4.69, 9.17) is 5.73 Å². The van der Waals surface area contributed by atoms with Gasteiger partial charge in [0.05, 0.1) is 21.3 Å². The molecule has 0 bridgehead atoms. The summed E-state index contributed by atoms with van der Waals surface area (Å²) in [5, 5.41) is 4.14. The minimum Gasteiger partial charge on any atom is -0.355 e. The lowest BCUT2D eigenvalue weighted by Crippen LogP contribution is -2.30. The summed E-state index contributed by atoms with van der Waals surface area (Å²) in [4.78, 5) is 18.4. The predicted molar refractivity (Wildman–Crippen MR) is 92.0 cm³/mol. The van der Waals surface area contributed by atoms with Crippen LogP contribution in [0.3, 0.4) is 0 Å². The molecule has 1 aliphatic heterocycles. The Bertz CT molecular complexity index is 803.